The largest absolute Gasteiger partial charge is 2.00 e. The van der Waals surface area contributed by atoms with Crippen molar-refractivity contribution in [2.45, 2.75) is 38.8 Å². The average molecular weight is 892 g/mol. The predicted octanol–water partition coefficient (Wildman–Crippen LogP) is 16.1. The van der Waals surface area contributed by atoms with Crippen molar-refractivity contribution in [1.82, 2.24) is 0 Å². The van der Waals surface area contributed by atoms with Crippen LogP contribution in [0.1, 0.15) is 22.3 Å². The fraction of sp³-hybridized carbons (Fsp3) is 0.100. The Kier molecular flexibility index (Phi) is 15.8. The van der Waals surface area contributed by atoms with Gasteiger partial charge < -0.3 is 0 Å². The zero-order valence-electron chi connectivity index (χ0n) is 35.8. The molecule has 0 aliphatic heterocycles. The van der Waals surface area contributed by atoms with Crippen LogP contribution in [0.3, 0.4) is 0 Å². The second kappa shape index (κ2) is 22.3. The maximum atomic E-state index is 2.40. The first-order valence-electron chi connectivity index (χ1n) is 21.5. The SMILES string of the molecule is C[Si]C.[Zr+2].c1ccc(CCc2cc3c(-c4ccccc4)ccc(-c4ccccc4)c3[cH-]2)cc1.c1ccc(CCc2cc3c(-c4ccccc4)ccc(-c4ccccc4)c3[cH-]2)cc1. The van der Waals surface area contributed by atoms with Gasteiger partial charge in [0.15, 0.2) is 0 Å². The van der Waals surface area contributed by atoms with E-state index in [1.807, 2.05) is 0 Å². The fourth-order valence-electron chi connectivity index (χ4n) is 8.35. The molecule has 10 aromatic rings. The summed E-state index contributed by atoms with van der Waals surface area (Å²) in [7, 11) is 1.08. The van der Waals surface area contributed by atoms with E-state index in [-0.39, 0.29) is 26.2 Å². The third kappa shape index (κ3) is 10.9. The zero-order valence-corrected chi connectivity index (χ0v) is 39.2. The number of hydrogen-bond donors (Lipinski definition) is 0. The number of rotatable bonds is 10. The van der Waals surface area contributed by atoms with Crippen LogP contribution in [0.2, 0.25) is 13.1 Å². The Balaban J connectivity index is 0.000000173. The maximum Gasteiger partial charge on any atom is 2.00 e. The summed E-state index contributed by atoms with van der Waals surface area (Å²) in [5.74, 6) is 0. The van der Waals surface area contributed by atoms with Crippen molar-refractivity contribution in [2.24, 2.45) is 0 Å². The molecule has 2 heteroatoms. The van der Waals surface area contributed by atoms with E-state index in [0.29, 0.717) is 0 Å². The molecule has 0 N–H and O–H groups in total. The third-order valence-electron chi connectivity index (χ3n) is 11.3. The standard InChI is InChI=1S/2C29H23.C2H6Si.Zr/c2*1-4-10-22(11-5-1)16-17-23-20-28-26(24-12-6-2-7-13-24)18-19-27(29(28)21-23)25-14-8-3-9-15-25;1-3-2;/h2*1-15,18-21H,16-17H2;1-2H3;/q2*-1;;+2. The molecule has 0 atom stereocenters. The number of hydrogen-bond acceptors (Lipinski definition) is 0. The van der Waals surface area contributed by atoms with Crippen molar-refractivity contribution in [2.75, 3.05) is 0 Å². The number of fused-ring (bicyclic) bond motifs is 2. The Morgan fingerprint density at radius 2 is 0.581 bits per heavy atom. The molecule has 0 fully saturated rings. The Labute approximate surface area is 390 Å². The summed E-state index contributed by atoms with van der Waals surface area (Å²) in [5.41, 5.74) is 15.9. The molecule has 0 bridgehead atoms. The van der Waals surface area contributed by atoms with Crippen LogP contribution in [-0.2, 0) is 51.9 Å². The van der Waals surface area contributed by atoms with E-state index in [0.717, 1.165) is 35.2 Å². The predicted molar refractivity (Wildman–Crippen MR) is 266 cm³/mol. The summed E-state index contributed by atoms with van der Waals surface area (Å²) < 4.78 is 0. The summed E-state index contributed by atoms with van der Waals surface area (Å²) in [6.45, 7) is 4.31. The van der Waals surface area contributed by atoms with Crippen molar-refractivity contribution in [3.05, 3.63) is 253 Å². The van der Waals surface area contributed by atoms with E-state index in [1.54, 1.807) is 0 Å². The first-order valence-corrected chi connectivity index (χ1v) is 23.5. The summed E-state index contributed by atoms with van der Waals surface area (Å²) in [6.07, 6.45) is 4.25. The fourth-order valence-corrected chi connectivity index (χ4v) is 8.35. The second-order valence-corrected chi connectivity index (χ2v) is 16.6. The van der Waals surface area contributed by atoms with Crippen LogP contribution in [0.4, 0.5) is 0 Å². The summed E-state index contributed by atoms with van der Waals surface area (Å²) in [4.78, 5) is 0. The van der Waals surface area contributed by atoms with Gasteiger partial charge in [0.25, 0.3) is 0 Å². The first kappa shape index (κ1) is 44.1. The van der Waals surface area contributed by atoms with E-state index in [4.69, 9.17) is 0 Å². The normalized spacial score (nSPS) is 10.6. The van der Waals surface area contributed by atoms with Gasteiger partial charge in [-0.2, -0.15) is 12.1 Å². The van der Waals surface area contributed by atoms with Crippen LogP contribution in [0.25, 0.3) is 66.1 Å². The van der Waals surface area contributed by atoms with E-state index < -0.39 is 0 Å². The number of aryl methyl sites for hydroxylation is 4. The molecule has 0 aromatic heterocycles. The molecular weight excluding hydrogens is 840 g/mol. The first-order chi connectivity index (χ1) is 30.2. The quantitative estimate of drug-likeness (QED) is 0.0948. The van der Waals surface area contributed by atoms with Crippen LogP contribution < -0.4 is 0 Å². The van der Waals surface area contributed by atoms with Crippen LogP contribution in [0.15, 0.2) is 231 Å². The van der Waals surface area contributed by atoms with Gasteiger partial charge in [-0.05, 0) is 47.9 Å². The molecule has 10 aromatic carbocycles. The van der Waals surface area contributed by atoms with Gasteiger partial charge in [0.05, 0.1) is 0 Å². The van der Waals surface area contributed by atoms with Crippen LogP contribution >= 0.6 is 0 Å². The topological polar surface area (TPSA) is 0 Å². The summed E-state index contributed by atoms with van der Waals surface area (Å²) in [6, 6.07) is 83.1. The maximum absolute atomic E-state index is 2.40. The summed E-state index contributed by atoms with van der Waals surface area (Å²) >= 11 is 0. The van der Waals surface area contributed by atoms with Gasteiger partial charge in [-0.15, -0.1) is 44.8 Å². The van der Waals surface area contributed by atoms with Gasteiger partial charge in [0.1, 0.15) is 0 Å². The Morgan fingerprint density at radius 1 is 0.323 bits per heavy atom. The van der Waals surface area contributed by atoms with Crippen molar-refractivity contribution in [3.8, 4) is 44.5 Å². The van der Waals surface area contributed by atoms with E-state index in [1.165, 1.54) is 88.3 Å². The zero-order chi connectivity index (χ0) is 41.6. The van der Waals surface area contributed by atoms with Crippen molar-refractivity contribution >= 4 is 31.1 Å². The Hall–Kier alpha value is -5.92. The van der Waals surface area contributed by atoms with Crippen molar-refractivity contribution in [3.63, 3.8) is 0 Å². The molecule has 2 radical (unpaired) electrons. The minimum atomic E-state index is 0. The molecule has 0 amide bonds. The van der Waals surface area contributed by atoms with Gasteiger partial charge in [0, 0.05) is 9.52 Å². The molecular formula is C60H52SiZr. The minimum absolute atomic E-state index is 0. The van der Waals surface area contributed by atoms with Gasteiger partial charge >= 0.3 is 26.2 Å². The molecule has 0 spiro atoms. The van der Waals surface area contributed by atoms with E-state index >= 15 is 0 Å². The summed E-state index contributed by atoms with van der Waals surface area (Å²) in [5, 5.41) is 5.39. The molecule has 0 nitrogen and oxygen atoms in total. The van der Waals surface area contributed by atoms with Gasteiger partial charge in [-0.25, -0.2) is 0 Å². The molecule has 300 valence electrons. The molecule has 0 saturated carbocycles. The molecule has 10 rings (SSSR count). The molecule has 0 saturated heterocycles. The van der Waals surface area contributed by atoms with Gasteiger partial charge in [0.2, 0.25) is 0 Å². The smallest absolute Gasteiger partial charge is 0.164 e. The van der Waals surface area contributed by atoms with Gasteiger partial charge in [-0.3, -0.25) is 0 Å². The molecule has 0 heterocycles. The van der Waals surface area contributed by atoms with Crippen molar-refractivity contribution in [1.29, 1.82) is 0 Å². The third-order valence-corrected chi connectivity index (χ3v) is 11.3. The van der Waals surface area contributed by atoms with Crippen LogP contribution in [0.5, 0.6) is 0 Å². The van der Waals surface area contributed by atoms with Crippen molar-refractivity contribution < 1.29 is 26.2 Å². The molecule has 62 heavy (non-hydrogen) atoms. The number of benzene rings is 8. The minimum Gasteiger partial charge on any atom is -0.164 e. The molecule has 0 aliphatic rings. The van der Waals surface area contributed by atoms with E-state index in [9.17, 15) is 0 Å². The Bertz CT molecular complexity index is 2510. The Morgan fingerprint density at radius 3 is 0.887 bits per heavy atom. The average Bonchev–Trinajstić information content (AvgIpc) is 3.97. The van der Waals surface area contributed by atoms with E-state index in [2.05, 4.69) is 244 Å². The molecule has 0 aliphatic carbocycles. The second-order valence-electron chi connectivity index (χ2n) is 15.6. The van der Waals surface area contributed by atoms with Gasteiger partial charge in [-0.1, -0.05) is 253 Å². The monoisotopic (exact) mass is 890 g/mol. The molecule has 0 unspecified atom stereocenters. The van der Waals surface area contributed by atoms with Crippen LogP contribution in [0, 0.1) is 0 Å². The van der Waals surface area contributed by atoms with Crippen LogP contribution in [-0.4, -0.2) is 9.52 Å².